The van der Waals surface area contributed by atoms with E-state index in [0.29, 0.717) is 6.42 Å². The summed E-state index contributed by atoms with van der Waals surface area (Å²) >= 11 is 5.58. The molecule has 6 heteroatoms. The third kappa shape index (κ3) is 4.60. The molecule has 0 radical (unpaired) electrons. The third-order valence-electron chi connectivity index (χ3n) is 2.30. The van der Waals surface area contributed by atoms with E-state index in [2.05, 4.69) is 5.32 Å². The Morgan fingerprint density at radius 1 is 1.61 bits per heavy atom. The molecule has 0 aliphatic carbocycles. The SMILES string of the molecule is COCC(O)CCNC(=O)c1ccc(Cl)cc1F. The fraction of sp³-hybridized carbons (Fsp3) is 0.417. The summed E-state index contributed by atoms with van der Waals surface area (Å²) in [6.07, 6.45) is -0.306. The number of hydrogen-bond donors (Lipinski definition) is 2. The number of ether oxygens (including phenoxy) is 1. The molecule has 0 aliphatic rings. The van der Waals surface area contributed by atoms with Crippen LogP contribution < -0.4 is 5.32 Å². The normalized spacial score (nSPS) is 12.2. The lowest BCUT2D eigenvalue weighted by molar-refractivity contribution is 0.0587. The second-order valence-electron chi connectivity index (χ2n) is 3.78. The highest BCUT2D eigenvalue weighted by Crippen LogP contribution is 2.14. The van der Waals surface area contributed by atoms with Crippen molar-refractivity contribution in [3.05, 3.63) is 34.6 Å². The standard InChI is InChI=1S/C12H15ClFNO3/c1-18-7-9(16)4-5-15-12(17)10-3-2-8(13)6-11(10)14/h2-3,6,9,16H,4-5,7H2,1H3,(H,15,17). The zero-order valence-electron chi connectivity index (χ0n) is 9.95. The van der Waals surface area contributed by atoms with Crippen molar-refractivity contribution in [2.24, 2.45) is 0 Å². The molecule has 1 aromatic carbocycles. The number of amides is 1. The van der Waals surface area contributed by atoms with Gasteiger partial charge in [-0.2, -0.15) is 0 Å². The Bertz CT molecular complexity index is 414. The Morgan fingerprint density at radius 2 is 2.33 bits per heavy atom. The van der Waals surface area contributed by atoms with Crippen LogP contribution in [-0.2, 0) is 4.74 Å². The predicted octanol–water partition coefficient (Wildman–Crippen LogP) is 1.61. The van der Waals surface area contributed by atoms with Gasteiger partial charge in [-0.1, -0.05) is 11.6 Å². The molecule has 4 nitrogen and oxygen atoms in total. The number of carbonyl (C=O) groups excluding carboxylic acids is 1. The molecule has 1 atom stereocenters. The van der Waals surface area contributed by atoms with E-state index in [1.807, 2.05) is 0 Å². The number of methoxy groups -OCH3 is 1. The Balaban J connectivity index is 2.45. The molecule has 1 rings (SSSR count). The molecule has 0 bridgehead atoms. The number of carbonyl (C=O) groups is 1. The van der Waals surface area contributed by atoms with Gasteiger partial charge in [0.1, 0.15) is 5.82 Å². The maximum absolute atomic E-state index is 13.4. The molecule has 100 valence electrons. The van der Waals surface area contributed by atoms with Crippen LogP contribution in [0.2, 0.25) is 5.02 Å². The van der Waals surface area contributed by atoms with Crippen LogP contribution in [0.25, 0.3) is 0 Å². The van der Waals surface area contributed by atoms with Crippen LogP contribution in [0.3, 0.4) is 0 Å². The van der Waals surface area contributed by atoms with E-state index in [-0.39, 0.29) is 23.7 Å². The first kappa shape index (κ1) is 14.9. The van der Waals surface area contributed by atoms with Gasteiger partial charge in [0, 0.05) is 18.7 Å². The third-order valence-corrected chi connectivity index (χ3v) is 2.53. The van der Waals surface area contributed by atoms with Crippen LogP contribution in [0.15, 0.2) is 18.2 Å². The first-order valence-electron chi connectivity index (χ1n) is 5.45. The predicted molar refractivity (Wildman–Crippen MR) is 66.2 cm³/mol. The molecule has 0 saturated carbocycles. The minimum atomic E-state index is -0.669. The summed E-state index contributed by atoms with van der Waals surface area (Å²) in [7, 11) is 1.48. The number of hydrogen-bond acceptors (Lipinski definition) is 3. The van der Waals surface area contributed by atoms with Gasteiger partial charge in [-0.3, -0.25) is 4.79 Å². The number of rotatable bonds is 6. The Kier molecular flexibility index (Phi) is 6.04. The minimum absolute atomic E-state index is 0.0689. The minimum Gasteiger partial charge on any atom is -0.391 e. The van der Waals surface area contributed by atoms with E-state index >= 15 is 0 Å². The van der Waals surface area contributed by atoms with Gasteiger partial charge in [0.05, 0.1) is 18.3 Å². The molecule has 0 heterocycles. The number of nitrogens with one attached hydrogen (secondary N) is 1. The molecule has 18 heavy (non-hydrogen) atoms. The van der Waals surface area contributed by atoms with E-state index in [0.717, 1.165) is 6.07 Å². The molecule has 0 saturated heterocycles. The zero-order valence-corrected chi connectivity index (χ0v) is 10.7. The van der Waals surface area contributed by atoms with Gasteiger partial charge in [-0.25, -0.2) is 4.39 Å². The van der Waals surface area contributed by atoms with Gasteiger partial charge in [0.15, 0.2) is 0 Å². The van der Waals surface area contributed by atoms with Crippen molar-refractivity contribution >= 4 is 17.5 Å². The summed E-state index contributed by atoms with van der Waals surface area (Å²) in [6, 6.07) is 3.84. The van der Waals surface area contributed by atoms with E-state index in [1.165, 1.54) is 19.2 Å². The second kappa shape index (κ2) is 7.31. The molecule has 0 spiro atoms. The number of aliphatic hydroxyl groups excluding tert-OH is 1. The van der Waals surface area contributed by atoms with Gasteiger partial charge < -0.3 is 15.2 Å². The molecule has 2 N–H and O–H groups in total. The average molecular weight is 276 g/mol. The monoisotopic (exact) mass is 275 g/mol. The lowest BCUT2D eigenvalue weighted by Crippen LogP contribution is -2.29. The fourth-order valence-corrected chi connectivity index (χ4v) is 1.56. The molecule has 0 aromatic heterocycles. The summed E-state index contributed by atoms with van der Waals surface area (Å²) < 4.78 is 18.1. The van der Waals surface area contributed by atoms with Crippen molar-refractivity contribution in [2.45, 2.75) is 12.5 Å². The van der Waals surface area contributed by atoms with Crippen molar-refractivity contribution in [2.75, 3.05) is 20.3 Å². The topological polar surface area (TPSA) is 58.6 Å². The van der Waals surface area contributed by atoms with Gasteiger partial charge in [0.25, 0.3) is 5.91 Å². The Hall–Kier alpha value is -1.17. The summed E-state index contributed by atoms with van der Waals surface area (Å²) in [6.45, 7) is 0.441. The van der Waals surface area contributed by atoms with Gasteiger partial charge >= 0.3 is 0 Å². The number of halogens is 2. The first-order chi connectivity index (χ1) is 8.54. The van der Waals surface area contributed by atoms with Gasteiger partial charge in [-0.15, -0.1) is 0 Å². The van der Waals surface area contributed by atoms with Crippen molar-refractivity contribution in [1.82, 2.24) is 5.32 Å². The van der Waals surface area contributed by atoms with Crippen LogP contribution in [-0.4, -0.2) is 37.4 Å². The molecule has 1 amide bonds. The fourth-order valence-electron chi connectivity index (χ4n) is 1.40. The first-order valence-corrected chi connectivity index (χ1v) is 5.82. The molecule has 1 aromatic rings. The quantitative estimate of drug-likeness (QED) is 0.829. The highest BCUT2D eigenvalue weighted by Gasteiger charge is 2.12. The highest BCUT2D eigenvalue weighted by atomic mass is 35.5. The lowest BCUT2D eigenvalue weighted by Gasteiger charge is -2.10. The summed E-state index contributed by atoms with van der Waals surface area (Å²) in [5, 5.41) is 12.1. The van der Waals surface area contributed by atoms with Crippen molar-refractivity contribution in [3.8, 4) is 0 Å². The Labute approximate surface area is 110 Å². The smallest absolute Gasteiger partial charge is 0.254 e. The van der Waals surface area contributed by atoms with Crippen LogP contribution in [0.1, 0.15) is 16.8 Å². The zero-order chi connectivity index (χ0) is 13.5. The molecule has 0 fully saturated rings. The number of aliphatic hydroxyl groups is 1. The van der Waals surface area contributed by atoms with E-state index in [1.54, 1.807) is 0 Å². The van der Waals surface area contributed by atoms with Gasteiger partial charge in [-0.05, 0) is 24.6 Å². The molecule has 1 unspecified atom stereocenters. The Morgan fingerprint density at radius 3 is 2.94 bits per heavy atom. The summed E-state index contributed by atoms with van der Waals surface area (Å²) in [5.41, 5.74) is -0.0689. The lowest BCUT2D eigenvalue weighted by atomic mass is 10.2. The average Bonchev–Trinajstić information content (AvgIpc) is 2.29. The summed E-state index contributed by atoms with van der Waals surface area (Å²) in [4.78, 5) is 11.6. The molecular formula is C12H15ClFNO3. The van der Waals surface area contributed by atoms with E-state index in [9.17, 15) is 14.3 Å². The maximum Gasteiger partial charge on any atom is 0.254 e. The highest BCUT2D eigenvalue weighted by molar-refractivity contribution is 6.30. The van der Waals surface area contributed by atoms with Gasteiger partial charge in [0.2, 0.25) is 0 Å². The largest absolute Gasteiger partial charge is 0.391 e. The van der Waals surface area contributed by atoms with E-state index < -0.39 is 17.8 Å². The van der Waals surface area contributed by atoms with Crippen molar-refractivity contribution < 1.29 is 19.0 Å². The maximum atomic E-state index is 13.4. The second-order valence-corrected chi connectivity index (χ2v) is 4.21. The van der Waals surface area contributed by atoms with Crippen molar-refractivity contribution in [1.29, 1.82) is 0 Å². The van der Waals surface area contributed by atoms with Crippen LogP contribution >= 0.6 is 11.6 Å². The van der Waals surface area contributed by atoms with Crippen molar-refractivity contribution in [3.63, 3.8) is 0 Å². The van der Waals surface area contributed by atoms with E-state index in [4.69, 9.17) is 16.3 Å². The molecular weight excluding hydrogens is 261 g/mol. The van der Waals surface area contributed by atoms with Crippen LogP contribution in [0, 0.1) is 5.82 Å². The van der Waals surface area contributed by atoms with Crippen LogP contribution in [0.5, 0.6) is 0 Å². The molecule has 0 aliphatic heterocycles. The summed E-state index contributed by atoms with van der Waals surface area (Å²) in [5.74, 6) is -1.20. The number of benzene rings is 1. The van der Waals surface area contributed by atoms with Crippen LogP contribution in [0.4, 0.5) is 4.39 Å².